The van der Waals surface area contributed by atoms with Gasteiger partial charge in [-0.25, -0.2) is 5.10 Å². The van der Waals surface area contributed by atoms with Gasteiger partial charge in [-0.05, 0) is 19.9 Å². The Hall–Kier alpha value is -1.91. The van der Waals surface area contributed by atoms with Crippen molar-refractivity contribution in [3.05, 3.63) is 33.9 Å². The summed E-state index contributed by atoms with van der Waals surface area (Å²) in [5.41, 5.74) is 2.05. The molecule has 2 heterocycles. The maximum absolute atomic E-state index is 10.8. The van der Waals surface area contributed by atoms with E-state index in [-0.39, 0.29) is 5.56 Å². The molecule has 0 aromatic carbocycles. The lowest BCUT2D eigenvalue weighted by atomic mass is 10.1. The highest BCUT2D eigenvalue weighted by Gasteiger charge is 2.12. The van der Waals surface area contributed by atoms with Crippen molar-refractivity contribution < 1.29 is 4.52 Å². The molecule has 0 radical (unpaired) electrons. The summed E-state index contributed by atoms with van der Waals surface area (Å²) in [7, 11) is 0. The molecule has 5 heteroatoms. The van der Waals surface area contributed by atoms with Gasteiger partial charge in [0.15, 0.2) is 0 Å². The largest absolute Gasteiger partial charge is 0.361 e. The second-order valence-corrected chi connectivity index (χ2v) is 3.01. The summed E-state index contributed by atoms with van der Waals surface area (Å²) < 4.78 is 5.00. The van der Waals surface area contributed by atoms with Gasteiger partial charge < -0.3 is 4.52 Å². The minimum atomic E-state index is -0.222. The van der Waals surface area contributed by atoms with Gasteiger partial charge in [-0.15, -0.1) is 0 Å². The zero-order valence-corrected chi connectivity index (χ0v) is 7.87. The molecule has 5 nitrogen and oxygen atoms in total. The Balaban J connectivity index is 2.60. The lowest BCUT2D eigenvalue weighted by molar-refractivity contribution is 0.393. The predicted molar refractivity (Wildman–Crippen MR) is 49.8 cm³/mol. The number of hydrogen-bond acceptors (Lipinski definition) is 4. The molecule has 2 rings (SSSR count). The molecule has 2 aromatic rings. The van der Waals surface area contributed by atoms with Crippen LogP contribution in [0.5, 0.6) is 0 Å². The van der Waals surface area contributed by atoms with Gasteiger partial charge in [-0.1, -0.05) is 5.16 Å². The first-order valence-corrected chi connectivity index (χ1v) is 4.17. The number of hydrogen-bond donors (Lipinski definition) is 1. The van der Waals surface area contributed by atoms with Gasteiger partial charge in [0, 0.05) is 6.07 Å². The summed E-state index contributed by atoms with van der Waals surface area (Å²) in [4.78, 5) is 10.8. The summed E-state index contributed by atoms with van der Waals surface area (Å²) in [6.07, 6.45) is 0. The van der Waals surface area contributed by atoms with Crippen LogP contribution in [-0.4, -0.2) is 15.4 Å². The van der Waals surface area contributed by atoms with Gasteiger partial charge in [0.2, 0.25) is 0 Å². The van der Waals surface area contributed by atoms with Crippen LogP contribution in [0.1, 0.15) is 11.5 Å². The van der Waals surface area contributed by atoms with Crippen LogP contribution in [0.15, 0.2) is 21.5 Å². The van der Waals surface area contributed by atoms with Crippen molar-refractivity contribution in [2.45, 2.75) is 13.8 Å². The van der Waals surface area contributed by atoms with Crippen LogP contribution in [0, 0.1) is 13.8 Å². The molecule has 2 aromatic heterocycles. The molecule has 0 saturated heterocycles. The molecule has 0 bridgehead atoms. The SMILES string of the molecule is Cc1noc(C)c1-c1ccc(=O)[nH]n1. The molecule has 0 amide bonds. The minimum Gasteiger partial charge on any atom is -0.361 e. The number of aryl methyl sites for hydroxylation is 2. The van der Waals surface area contributed by atoms with Gasteiger partial charge in [0.05, 0.1) is 17.0 Å². The van der Waals surface area contributed by atoms with E-state index < -0.39 is 0 Å². The topological polar surface area (TPSA) is 71.8 Å². The molecular formula is C9H9N3O2. The van der Waals surface area contributed by atoms with E-state index in [1.807, 2.05) is 13.8 Å². The highest BCUT2D eigenvalue weighted by Crippen LogP contribution is 2.23. The standard InChI is InChI=1S/C9H9N3O2/c1-5-9(6(2)14-12-5)7-3-4-8(13)11-10-7/h3-4H,1-2H3,(H,11,13). The molecule has 0 unspecified atom stereocenters. The average molecular weight is 191 g/mol. The molecule has 0 aliphatic heterocycles. The van der Waals surface area contributed by atoms with Crippen molar-refractivity contribution in [1.82, 2.24) is 15.4 Å². The fraction of sp³-hybridized carbons (Fsp3) is 0.222. The Labute approximate surface area is 79.8 Å². The third-order valence-corrected chi connectivity index (χ3v) is 1.97. The van der Waals surface area contributed by atoms with E-state index in [2.05, 4.69) is 15.4 Å². The molecule has 72 valence electrons. The summed E-state index contributed by atoms with van der Waals surface area (Å²) in [6, 6.07) is 3.07. The van der Waals surface area contributed by atoms with Gasteiger partial charge >= 0.3 is 0 Å². The van der Waals surface area contributed by atoms with E-state index in [0.29, 0.717) is 11.5 Å². The lowest BCUT2D eigenvalue weighted by Gasteiger charge is -1.96. The first-order chi connectivity index (χ1) is 6.68. The maximum atomic E-state index is 10.8. The smallest absolute Gasteiger partial charge is 0.264 e. The Morgan fingerprint density at radius 1 is 1.36 bits per heavy atom. The third kappa shape index (κ3) is 1.32. The molecule has 0 spiro atoms. The predicted octanol–water partition coefficient (Wildman–Crippen LogP) is 1.04. The van der Waals surface area contributed by atoms with Crippen LogP contribution in [0.3, 0.4) is 0 Å². The van der Waals surface area contributed by atoms with Gasteiger partial charge in [0.25, 0.3) is 5.56 Å². The Morgan fingerprint density at radius 3 is 2.64 bits per heavy atom. The minimum absolute atomic E-state index is 0.222. The highest BCUT2D eigenvalue weighted by molar-refractivity contribution is 5.62. The summed E-state index contributed by atoms with van der Waals surface area (Å²) >= 11 is 0. The second kappa shape index (κ2) is 3.10. The van der Waals surface area contributed by atoms with Crippen LogP contribution in [0.4, 0.5) is 0 Å². The monoisotopic (exact) mass is 191 g/mol. The molecule has 0 saturated carbocycles. The summed E-state index contributed by atoms with van der Waals surface area (Å²) in [6.45, 7) is 3.64. The van der Waals surface area contributed by atoms with Crippen molar-refractivity contribution >= 4 is 0 Å². The van der Waals surface area contributed by atoms with Crippen LogP contribution in [0.25, 0.3) is 11.3 Å². The van der Waals surface area contributed by atoms with E-state index in [9.17, 15) is 4.79 Å². The van der Waals surface area contributed by atoms with Crippen molar-refractivity contribution in [3.63, 3.8) is 0 Å². The van der Waals surface area contributed by atoms with E-state index in [1.54, 1.807) is 6.07 Å². The van der Waals surface area contributed by atoms with Crippen LogP contribution >= 0.6 is 0 Å². The van der Waals surface area contributed by atoms with Crippen molar-refractivity contribution in [3.8, 4) is 11.3 Å². The van der Waals surface area contributed by atoms with Crippen molar-refractivity contribution in [2.24, 2.45) is 0 Å². The number of H-pyrrole nitrogens is 1. The molecule has 0 fully saturated rings. The van der Waals surface area contributed by atoms with Crippen LogP contribution < -0.4 is 5.56 Å². The van der Waals surface area contributed by atoms with Crippen LogP contribution in [0.2, 0.25) is 0 Å². The molecule has 0 aliphatic carbocycles. The fourth-order valence-electron chi connectivity index (χ4n) is 1.33. The Bertz CT molecular complexity index is 473. The van der Waals surface area contributed by atoms with Crippen LogP contribution in [-0.2, 0) is 0 Å². The van der Waals surface area contributed by atoms with Gasteiger partial charge in [-0.2, -0.15) is 5.10 Å². The molecule has 1 N–H and O–H groups in total. The average Bonchev–Trinajstić information content (AvgIpc) is 2.49. The van der Waals surface area contributed by atoms with Crippen molar-refractivity contribution in [1.29, 1.82) is 0 Å². The molecule has 14 heavy (non-hydrogen) atoms. The van der Waals surface area contributed by atoms with Gasteiger partial charge in [0.1, 0.15) is 5.76 Å². The van der Waals surface area contributed by atoms with E-state index in [0.717, 1.165) is 11.3 Å². The molecular weight excluding hydrogens is 182 g/mol. The quantitative estimate of drug-likeness (QED) is 0.731. The Morgan fingerprint density at radius 2 is 2.14 bits per heavy atom. The number of aromatic nitrogens is 3. The normalized spacial score (nSPS) is 10.4. The summed E-state index contributed by atoms with van der Waals surface area (Å²) in [5.74, 6) is 0.696. The number of rotatable bonds is 1. The lowest BCUT2D eigenvalue weighted by Crippen LogP contribution is -2.05. The maximum Gasteiger partial charge on any atom is 0.264 e. The van der Waals surface area contributed by atoms with Crippen molar-refractivity contribution in [2.75, 3.05) is 0 Å². The van der Waals surface area contributed by atoms with E-state index >= 15 is 0 Å². The number of nitrogens with one attached hydrogen (secondary N) is 1. The summed E-state index contributed by atoms with van der Waals surface area (Å²) in [5, 5.41) is 10.1. The molecule has 0 aliphatic rings. The zero-order valence-electron chi connectivity index (χ0n) is 7.87. The third-order valence-electron chi connectivity index (χ3n) is 1.97. The Kier molecular flexibility index (Phi) is 1.92. The molecule has 0 atom stereocenters. The number of aromatic amines is 1. The first-order valence-electron chi connectivity index (χ1n) is 4.17. The highest BCUT2D eigenvalue weighted by atomic mass is 16.5. The number of nitrogens with zero attached hydrogens (tertiary/aromatic N) is 2. The van der Waals surface area contributed by atoms with E-state index in [4.69, 9.17) is 4.52 Å². The second-order valence-electron chi connectivity index (χ2n) is 3.01. The van der Waals surface area contributed by atoms with Gasteiger partial charge in [-0.3, -0.25) is 4.79 Å². The van der Waals surface area contributed by atoms with E-state index in [1.165, 1.54) is 6.07 Å². The fourth-order valence-corrected chi connectivity index (χ4v) is 1.33. The first kappa shape index (κ1) is 8.68. The zero-order chi connectivity index (χ0) is 10.1.